The van der Waals surface area contributed by atoms with Crippen LogP contribution in [0.5, 0.6) is 0 Å². The molecule has 0 spiro atoms. The molecule has 2 aromatic carbocycles. The third-order valence-corrected chi connectivity index (χ3v) is 4.76. The maximum Gasteiger partial charge on any atom is 0.414 e. The fourth-order valence-electron chi connectivity index (χ4n) is 2.79. The molecule has 1 aromatic heterocycles. The summed E-state index contributed by atoms with van der Waals surface area (Å²) in [6, 6.07) is 15.2. The molecule has 0 bridgehead atoms. The maximum absolute atomic E-state index is 11.4. The lowest BCUT2D eigenvalue weighted by atomic mass is 9.93. The molecular formula is C21H21Cl2N3O5. The SMILES string of the molecule is O=C(O)C(=O)O.OC(CNCc1ccccc1)(Cn1ccnc1)c1ccc(Cl)cc1Cl. The van der Waals surface area contributed by atoms with E-state index in [1.165, 1.54) is 0 Å². The molecule has 0 saturated heterocycles. The van der Waals surface area contributed by atoms with E-state index in [1.54, 1.807) is 30.7 Å². The highest BCUT2D eigenvalue weighted by molar-refractivity contribution is 6.35. The molecule has 0 aliphatic carbocycles. The number of carbonyl (C=O) groups is 2. The van der Waals surface area contributed by atoms with E-state index in [0.717, 1.165) is 5.56 Å². The van der Waals surface area contributed by atoms with E-state index in [4.69, 9.17) is 43.0 Å². The molecule has 1 heterocycles. The van der Waals surface area contributed by atoms with Gasteiger partial charge in [-0.2, -0.15) is 0 Å². The van der Waals surface area contributed by atoms with E-state index in [2.05, 4.69) is 10.3 Å². The molecule has 0 radical (unpaired) electrons. The van der Waals surface area contributed by atoms with Gasteiger partial charge < -0.3 is 25.2 Å². The van der Waals surface area contributed by atoms with Crippen LogP contribution >= 0.6 is 23.2 Å². The molecule has 3 rings (SSSR count). The fourth-order valence-corrected chi connectivity index (χ4v) is 3.38. The van der Waals surface area contributed by atoms with Crippen LogP contribution in [0.2, 0.25) is 10.0 Å². The van der Waals surface area contributed by atoms with Crippen LogP contribution in [0.25, 0.3) is 0 Å². The molecule has 8 nitrogen and oxygen atoms in total. The van der Waals surface area contributed by atoms with E-state index >= 15 is 0 Å². The number of nitrogens with zero attached hydrogens (tertiary/aromatic N) is 2. The third-order valence-electron chi connectivity index (χ3n) is 4.21. The van der Waals surface area contributed by atoms with Crippen molar-refractivity contribution in [3.05, 3.63) is 88.4 Å². The summed E-state index contributed by atoms with van der Waals surface area (Å²) >= 11 is 12.4. The second-order valence-electron chi connectivity index (χ2n) is 6.59. The van der Waals surface area contributed by atoms with Crippen LogP contribution in [0, 0.1) is 0 Å². The van der Waals surface area contributed by atoms with Crippen LogP contribution in [-0.2, 0) is 28.3 Å². The minimum atomic E-state index is -1.82. The maximum atomic E-state index is 11.4. The number of imidazole rings is 1. The zero-order chi connectivity index (χ0) is 22.9. The van der Waals surface area contributed by atoms with Crippen LogP contribution < -0.4 is 5.32 Å². The number of benzene rings is 2. The Morgan fingerprint density at radius 3 is 2.29 bits per heavy atom. The summed E-state index contributed by atoms with van der Waals surface area (Å²) in [5, 5.41) is 30.4. The first-order valence-corrected chi connectivity index (χ1v) is 9.81. The van der Waals surface area contributed by atoms with E-state index in [-0.39, 0.29) is 0 Å². The zero-order valence-electron chi connectivity index (χ0n) is 16.3. The molecule has 0 fully saturated rings. The molecule has 1 atom stereocenters. The first-order chi connectivity index (χ1) is 14.7. The molecule has 31 heavy (non-hydrogen) atoms. The average molecular weight is 466 g/mol. The second-order valence-corrected chi connectivity index (χ2v) is 7.43. The van der Waals surface area contributed by atoms with Crippen LogP contribution in [0.15, 0.2) is 67.3 Å². The van der Waals surface area contributed by atoms with E-state index in [9.17, 15) is 5.11 Å². The van der Waals surface area contributed by atoms with E-state index in [1.807, 2.05) is 41.1 Å². The molecule has 0 aliphatic rings. The number of rotatable bonds is 7. The summed E-state index contributed by atoms with van der Waals surface area (Å²) in [5.41, 5.74) is 0.583. The van der Waals surface area contributed by atoms with Gasteiger partial charge in [0.05, 0.1) is 12.9 Å². The topological polar surface area (TPSA) is 125 Å². The van der Waals surface area contributed by atoms with Crippen molar-refractivity contribution in [3.8, 4) is 0 Å². The Morgan fingerprint density at radius 1 is 1.06 bits per heavy atom. The van der Waals surface area contributed by atoms with E-state index in [0.29, 0.717) is 35.2 Å². The van der Waals surface area contributed by atoms with Gasteiger partial charge in [0.15, 0.2) is 0 Å². The Kier molecular flexibility index (Phi) is 9.02. The lowest BCUT2D eigenvalue weighted by Crippen LogP contribution is -2.41. The summed E-state index contributed by atoms with van der Waals surface area (Å²) in [4.78, 5) is 22.2. The van der Waals surface area contributed by atoms with Gasteiger partial charge in [-0.3, -0.25) is 0 Å². The third kappa shape index (κ3) is 7.69. The Balaban J connectivity index is 0.000000501. The van der Waals surface area contributed by atoms with Crippen LogP contribution in [-0.4, -0.2) is 43.4 Å². The van der Waals surface area contributed by atoms with Crippen molar-refractivity contribution in [2.45, 2.75) is 18.7 Å². The Morgan fingerprint density at radius 2 is 1.74 bits per heavy atom. The van der Waals surface area contributed by atoms with Crippen molar-refractivity contribution in [1.29, 1.82) is 0 Å². The van der Waals surface area contributed by atoms with Gasteiger partial charge in [-0.25, -0.2) is 14.6 Å². The Labute approximate surface area is 188 Å². The minimum Gasteiger partial charge on any atom is -0.473 e. The molecule has 4 N–H and O–H groups in total. The van der Waals surface area contributed by atoms with Crippen molar-refractivity contribution in [2.24, 2.45) is 0 Å². The molecule has 0 saturated carbocycles. The van der Waals surface area contributed by atoms with Gasteiger partial charge in [0.25, 0.3) is 0 Å². The largest absolute Gasteiger partial charge is 0.473 e. The van der Waals surface area contributed by atoms with Crippen LogP contribution in [0.1, 0.15) is 11.1 Å². The van der Waals surface area contributed by atoms with Gasteiger partial charge in [-0.1, -0.05) is 59.6 Å². The van der Waals surface area contributed by atoms with Gasteiger partial charge in [0.2, 0.25) is 0 Å². The lowest BCUT2D eigenvalue weighted by molar-refractivity contribution is -0.159. The first kappa shape index (κ1) is 24.4. The Bertz CT molecular complexity index is 988. The normalized spacial score (nSPS) is 12.4. The predicted octanol–water partition coefficient (Wildman–Crippen LogP) is 3.02. The number of aliphatic carboxylic acids is 2. The molecule has 164 valence electrons. The number of halogens is 2. The summed E-state index contributed by atoms with van der Waals surface area (Å²) in [6.45, 7) is 1.32. The first-order valence-electron chi connectivity index (χ1n) is 9.06. The minimum absolute atomic E-state index is 0.330. The Hall–Kier alpha value is -2.91. The van der Waals surface area contributed by atoms with Gasteiger partial charge in [-0.05, 0) is 17.7 Å². The van der Waals surface area contributed by atoms with Gasteiger partial charge in [0, 0.05) is 41.1 Å². The highest BCUT2D eigenvalue weighted by atomic mass is 35.5. The van der Waals surface area contributed by atoms with E-state index < -0.39 is 17.5 Å². The zero-order valence-corrected chi connectivity index (χ0v) is 17.8. The summed E-state index contributed by atoms with van der Waals surface area (Å²) < 4.78 is 1.83. The van der Waals surface area contributed by atoms with Crippen molar-refractivity contribution in [1.82, 2.24) is 14.9 Å². The molecule has 3 aromatic rings. The average Bonchev–Trinajstić information content (AvgIpc) is 3.21. The molecular weight excluding hydrogens is 445 g/mol. The number of carboxylic acid groups (broad SMARTS) is 2. The summed E-state index contributed by atoms with van der Waals surface area (Å²) in [5.74, 6) is -3.65. The molecule has 0 aliphatic heterocycles. The predicted molar refractivity (Wildman–Crippen MR) is 116 cm³/mol. The van der Waals surface area contributed by atoms with Crippen molar-refractivity contribution in [3.63, 3.8) is 0 Å². The number of carboxylic acids is 2. The smallest absolute Gasteiger partial charge is 0.414 e. The number of aromatic nitrogens is 2. The monoisotopic (exact) mass is 465 g/mol. The summed E-state index contributed by atoms with van der Waals surface area (Å²) in [6.07, 6.45) is 5.17. The van der Waals surface area contributed by atoms with Gasteiger partial charge >= 0.3 is 11.9 Å². The molecule has 10 heteroatoms. The molecule has 1 unspecified atom stereocenters. The van der Waals surface area contributed by atoms with Crippen molar-refractivity contribution in [2.75, 3.05) is 6.54 Å². The lowest BCUT2D eigenvalue weighted by Gasteiger charge is -2.30. The standard InChI is InChI=1S/C19H19Cl2N3O.C2H2O4/c20-16-6-7-17(18(21)10-16)19(25,13-24-9-8-22-14-24)12-23-11-15-4-2-1-3-5-15;3-1(4)2(5)6/h1-10,14,23,25H,11-13H2;(H,3,4)(H,5,6). The van der Waals surface area contributed by atoms with Gasteiger partial charge in [0.1, 0.15) is 5.60 Å². The number of aliphatic hydroxyl groups is 1. The number of nitrogens with one attached hydrogen (secondary N) is 1. The number of hydrogen-bond acceptors (Lipinski definition) is 5. The highest BCUT2D eigenvalue weighted by Crippen LogP contribution is 2.31. The van der Waals surface area contributed by atoms with Crippen LogP contribution in [0.3, 0.4) is 0 Å². The van der Waals surface area contributed by atoms with Crippen LogP contribution in [0.4, 0.5) is 0 Å². The highest BCUT2D eigenvalue weighted by Gasteiger charge is 2.32. The second kappa shape index (κ2) is 11.5. The number of hydrogen-bond donors (Lipinski definition) is 4. The van der Waals surface area contributed by atoms with Crippen molar-refractivity contribution >= 4 is 35.1 Å². The summed E-state index contributed by atoms with van der Waals surface area (Å²) in [7, 11) is 0. The quantitative estimate of drug-likeness (QED) is 0.395. The van der Waals surface area contributed by atoms with Gasteiger partial charge in [-0.15, -0.1) is 0 Å². The molecule has 0 amide bonds. The van der Waals surface area contributed by atoms with Crippen molar-refractivity contribution < 1.29 is 24.9 Å². The fraction of sp³-hybridized carbons (Fsp3) is 0.190.